The summed E-state index contributed by atoms with van der Waals surface area (Å²) >= 11 is 0. The maximum absolute atomic E-state index is 13.3. The standard InChI is InChI=1S/C10HF4N5/c11-6-5(3-17)7(12)9(14)10(8(6)13)19-18-4(1-15)2-16/h19H. The van der Waals surface area contributed by atoms with Crippen LogP contribution < -0.4 is 5.43 Å². The highest BCUT2D eigenvalue weighted by Gasteiger charge is 2.25. The molecule has 0 fully saturated rings. The van der Waals surface area contributed by atoms with Gasteiger partial charge in [0.2, 0.25) is 5.71 Å². The molecule has 0 aliphatic carbocycles. The summed E-state index contributed by atoms with van der Waals surface area (Å²) in [5.74, 6) is -7.60. The van der Waals surface area contributed by atoms with Gasteiger partial charge in [-0.2, -0.15) is 20.9 Å². The number of benzene rings is 1. The summed E-state index contributed by atoms with van der Waals surface area (Å²) in [7, 11) is 0. The van der Waals surface area contributed by atoms with Gasteiger partial charge in [-0.3, -0.25) is 5.43 Å². The number of nitrogens with zero attached hydrogens (tertiary/aromatic N) is 4. The molecule has 0 saturated heterocycles. The Bertz CT molecular complexity index is 645. The van der Waals surface area contributed by atoms with Gasteiger partial charge in [0.25, 0.3) is 0 Å². The zero-order valence-electron chi connectivity index (χ0n) is 8.80. The van der Waals surface area contributed by atoms with Crippen molar-refractivity contribution in [1.29, 1.82) is 15.8 Å². The second-order valence-electron chi connectivity index (χ2n) is 2.91. The number of halogens is 4. The van der Waals surface area contributed by atoms with Crippen LogP contribution in [-0.4, -0.2) is 5.71 Å². The van der Waals surface area contributed by atoms with E-state index in [0.717, 1.165) is 6.07 Å². The third-order valence-corrected chi connectivity index (χ3v) is 1.87. The quantitative estimate of drug-likeness (QED) is 0.383. The van der Waals surface area contributed by atoms with E-state index in [0.29, 0.717) is 0 Å². The topological polar surface area (TPSA) is 95.8 Å². The fourth-order valence-corrected chi connectivity index (χ4v) is 1.01. The Morgan fingerprint density at radius 1 is 0.895 bits per heavy atom. The SMILES string of the molecule is N#CC(C#N)=NNc1c(F)c(F)c(C#N)c(F)c1F. The predicted octanol–water partition coefficient (Wildman–Crippen LogP) is 1.93. The van der Waals surface area contributed by atoms with Gasteiger partial charge in [-0.25, -0.2) is 17.6 Å². The molecule has 0 heterocycles. The Morgan fingerprint density at radius 2 is 1.37 bits per heavy atom. The first-order chi connectivity index (χ1) is 8.97. The first-order valence-electron chi connectivity index (χ1n) is 4.37. The molecule has 1 aromatic carbocycles. The van der Waals surface area contributed by atoms with E-state index >= 15 is 0 Å². The Kier molecular flexibility index (Phi) is 4.02. The molecule has 0 saturated carbocycles. The second-order valence-corrected chi connectivity index (χ2v) is 2.91. The highest BCUT2D eigenvalue weighted by molar-refractivity contribution is 6.10. The van der Waals surface area contributed by atoms with E-state index < -0.39 is 40.2 Å². The van der Waals surface area contributed by atoms with Crippen LogP contribution in [0.1, 0.15) is 5.56 Å². The van der Waals surface area contributed by atoms with E-state index in [4.69, 9.17) is 15.8 Å². The highest BCUT2D eigenvalue weighted by Crippen LogP contribution is 2.27. The molecule has 5 nitrogen and oxygen atoms in total. The molecule has 19 heavy (non-hydrogen) atoms. The van der Waals surface area contributed by atoms with Gasteiger partial charge >= 0.3 is 0 Å². The number of rotatable bonds is 2. The van der Waals surface area contributed by atoms with E-state index in [9.17, 15) is 17.6 Å². The Balaban J connectivity index is 3.42. The maximum Gasteiger partial charge on any atom is 0.237 e. The summed E-state index contributed by atoms with van der Waals surface area (Å²) in [6.07, 6.45) is 0. The molecule has 0 spiro atoms. The fraction of sp³-hybridized carbons (Fsp3) is 0. The third kappa shape index (κ3) is 2.43. The van der Waals surface area contributed by atoms with E-state index in [-0.39, 0.29) is 0 Å². The molecule has 0 aromatic heterocycles. The number of nitriles is 3. The van der Waals surface area contributed by atoms with Gasteiger partial charge in [0.1, 0.15) is 29.5 Å². The molecule has 1 rings (SSSR count). The van der Waals surface area contributed by atoms with Crippen molar-refractivity contribution in [3.05, 3.63) is 28.8 Å². The lowest BCUT2D eigenvalue weighted by Gasteiger charge is -2.07. The molecule has 1 N–H and O–H groups in total. The van der Waals surface area contributed by atoms with E-state index in [1.54, 1.807) is 0 Å². The fourth-order valence-electron chi connectivity index (χ4n) is 1.01. The van der Waals surface area contributed by atoms with Gasteiger partial charge in [0.15, 0.2) is 23.3 Å². The first kappa shape index (κ1) is 13.9. The highest BCUT2D eigenvalue weighted by atomic mass is 19.2. The summed E-state index contributed by atoms with van der Waals surface area (Å²) in [6.45, 7) is 0. The lowest BCUT2D eigenvalue weighted by atomic mass is 10.1. The lowest BCUT2D eigenvalue weighted by molar-refractivity contribution is 0.454. The summed E-state index contributed by atoms with van der Waals surface area (Å²) < 4.78 is 53.0. The molecule has 0 atom stereocenters. The van der Waals surface area contributed by atoms with Crippen molar-refractivity contribution in [3.8, 4) is 18.2 Å². The van der Waals surface area contributed by atoms with Crippen molar-refractivity contribution < 1.29 is 17.6 Å². The van der Waals surface area contributed by atoms with Crippen LogP contribution >= 0.6 is 0 Å². The second kappa shape index (κ2) is 5.48. The zero-order valence-corrected chi connectivity index (χ0v) is 8.80. The molecular formula is C10HF4N5. The summed E-state index contributed by atoms with van der Waals surface area (Å²) in [6, 6.07) is 3.47. The molecule has 0 aliphatic heterocycles. The zero-order chi connectivity index (χ0) is 14.6. The van der Waals surface area contributed by atoms with Crippen LogP contribution in [-0.2, 0) is 0 Å². The predicted molar refractivity (Wildman–Crippen MR) is 53.3 cm³/mol. The van der Waals surface area contributed by atoms with Crippen molar-refractivity contribution in [1.82, 2.24) is 0 Å². The van der Waals surface area contributed by atoms with E-state index in [1.165, 1.54) is 17.6 Å². The van der Waals surface area contributed by atoms with Crippen molar-refractivity contribution in [2.45, 2.75) is 0 Å². The molecule has 0 radical (unpaired) electrons. The molecule has 0 unspecified atom stereocenters. The van der Waals surface area contributed by atoms with E-state index in [1.807, 2.05) is 0 Å². The molecular weight excluding hydrogens is 266 g/mol. The van der Waals surface area contributed by atoms with Crippen LogP contribution in [0.2, 0.25) is 0 Å². The minimum Gasteiger partial charge on any atom is -0.270 e. The summed E-state index contributed by atoms with van der Waals surface area (Å²) in [5, 5.41) is 27.9. The smallest absolute Gasteiger partial charge is 0.237 e. The molecule has 1 aromatic rings. The van der Waals surface area contributed by atoms with E-state index in [2.05, 4.69) is 5.10 Å². The number of hydrogen-bond acceptors (Lipinski definition) is 5. The third-order valence-electron chi connectivity index (χ3n) is 1.87. The minimum atomic E-state index is -1.91. The number of hydrogen-bond donors (Lipinski definition) is 1. The van der Waals surface area contributed by atoms with Gasteiger partial charge < -0.3 is 0 Å². The van der Waals surface area contributed by atoms with Gasteiger partial charge in [0, 0.05) is 0 Å². The monoisotopic (exact) mass is 267 g/mol. The normalized spacial score (nSPS) is 8.89. The van der Waals surface area contributed by atoms with Crippen LogP contribution in [0, 0.1) is 57.3 Å². The van der Waals surface area contributed by atoms with Crippen LogP contribution in [0.25, 0.3) is 0 Å². The number of hydrazone groups is 1. The Labute approximate surface area is 103 Å². The van der Waals surface area contributed by atoms with Crippen molar-refractivity contribution >= 4 is 11.4 Å². The van der Waals surface area contributed by atoms with Crippen LogP contribution in [0.4, 0.5) is 23.2 Å². The molecule has 9 heteroatoms. The average molecular weight is 267 g/mol. The minimum absolute atomic E-state index is 0.816. The van der Waals surface area contributed by atoms with Crippen LogP contribution in [0.3, 0.4) is 0 Å². The van der Waals surface area contributed by atoms with Crippen molar-refractivity contribution in [2.75, 3.05) is 5.43 Å². The number of nitrogens with one attached hydrogen (secondary N) is 1. The molecule has 0 bridgehead atoms. The molecule has 0 aliphatic rings. The van der Waals surface area contributed by atoms with Crippen molar-refractivity contribution in [3.63, 3.8) is 0 Å². The van der Waals surface area contributed by atoms with Gasteiger partial charge in [0.05, 0.1) is 0 Å². The largest absolute Gasteiger partial charge is 0.270 e. The molecule has 0 amide bonds. The summed E-state index contributed by atoms with van der Waals surface area (Å²) in [5.41, 5.74) is -2.07. The van der Waals surface area contributed by atoms with Crippen molar-refractivity contribution in [2.24, 2.45) is 5.10 Å². The average Bonchev–Trinajstić information content (AvgIpc) is 2.41. The number of anilines is 1. The maximum atomic E-state index is 13.3. The summed E-state index contributed by atoms with van der Waals surface area (Å²) in [4.78, 5) is 0. The Hall–Kier alpha value is -3.12. The first-order valence-corrected chi connectivity index (χ1v) is 4.37. The lowest BCUT2D eigenvalue weighted by Crippen LogP contribution is -2.07. The van der Waals surface area contributed by atoms with Crippen LogP contribution in [0.5, 0.6) is 0 Å². The van der Waals surface area contributed by atoms with Crippen LogP contribution in [0.15, 0.2) is 5.10 Å². The van der Waals surface area contributed by atoms with Gasteiger partial charge in [-0.15, -0.1) is 0 Å². The van der Waals surface area contributed by atoms with Gasteiger partial charge in [-0.1, -0.05) is 0 Å². The Morgan fingerprint density at radius 3 is 1.74 bits per heavy atom. The van der Waals surface area contributed by atoms with Gasteiger partial charge in [-0.05, 0) is 0 Å². The molecule has 94 valence electrons.